The van der Waals surface area contributed by atoms with Gasteiger partial charge in [0.1, 0.15) is 0 Å². The molecule has 0 heterocycles. The molecule has 0 radical (unpaired) electrons. The Morgan fingerprint density at radius 1 is 1.36 bits per heavy atom. The molecule has 0 aromatic heterocycles. The Labute approximate surface area is 84.6 Å². The lowest BCUT2D eigenvalue weighted by atomic mass is 10.0. The van der Waals surface area contributed by atoms with Crippen LogP contribution in [0.3, 0.4) is 0 Å². The SMILES string of the molecule is COC(OC)C(CCO)C(=O)N(C)C. The van der Waals surface area contributed by atoms with Crippen LogP contribution in [0.2, 0.25) is 0 Å². The predicted molar refractivity (Wildman–Crippen MR) is 51.7 cm³/mol. The zero-order valence-electron chi connectivity index (χ0n) is 9.19. The van der Waals surface area contributed by atoms with Crippen molar-refractivity contribution >= 4 is 5.91 Å². The Morgan fingerprint density at radius 3 is 2.14 bits per heavy atom. The van der Waals surface area contributed by atoms with Gasteiger partial charge in [-0.3, -0.25) is 4.79 Å². The highest BCUT2D eigenvalue weighted by Crippen LogP contribution is 2.14. The molecule has 0 saturated heterocycles. The summed E-state index contributed by atoms with van der Waals surface area (Å²) in [5, 5.41) is 8.83. The summed E-state index contributed by atoms with van der Waals surface area (Å²) in [4.78, 5) is 13.1. The first kappa shape index (κ1) is 13.4. The van der Waals surface area contributed by atoms with Crippen LogP contribution in [0.4, 0.5) is 0 Å². The molecule has 1 amide bonds. The molecule has 1 atom stereocenters. The Bertz CT molecular complexity index is 168. The number of carbonyl (C=O) groups excluding carboxylic acids is 1. The monoisotopic (exact) mass is 205 g/mol. The van der Waals surface area contributed by atoms with Gasteiger partial charge in [0.2, 0.25) is 5.91 Å². The van der Waals surface area contributed by atoms with Crippen LogP contribution in [0.15, 0.2) is 0 Å². The molecule has 0 aromatic carbocycles. The zero-order valence-corrected chi connectivity index (χ0v) is 9.19. The molecule has 0 aliphatic rings. The van der Waals surface area contributed by atoms with Crippen LogP contribution in [0.1, 0.15) is 6.42 Å². The first-order valence-corrected chi connectivity index (χ1v) is 4.46. The zero-order chi connectivity index (χ0) is 11.1. The molecule has 0 saturated carbocycles. The number of hydrogen-bond acceptors (Lipinski definition) is 4. The first-order chi connectivity index (χ1) is 6.58. The smallest absolute Gasteiger partial charge is 0.230 e. The summed E-state index contributed by atoms with van der Waals surface area (Å²) < 4.78 is 10.0. The van der Waals surface area contributed by atoms with E-state index >= 15 is 0 Å². The van der Waals surface area contributed by atoms with Crippen molar-refractivity contribution in [1.82, 2.24) is 4.90 Å². The van der Waals surface area contributed by atoms with Crippen LogP contribution in [-0.2, 0) is 14.3 Å². The van der Waals surface area contributed by atoms with Gasteiger partial charge in [-0.15, -0.1) is 0 Å². The summed E-state index contributed by atoms with van der Waals surface area (Å²) in [6.07, 6.45) is -0.263. The van der Waals surface area contributed by atoms with E-state index in [1.807, 2.05) is 0 Å². The van der Waals surface area contributed by atoms with Crippen LogP contribution >= 0.6 is 0 Å². The second kappa shape index (κ2) is 6.75. The largest absolute Gasteiger partial charge is 0.396 e. The highest BCUT2D eigenvalue weighted by molar-refractivity contribution is 5.78. The topological polar surface area (TPSA) is 59.0 Å². The minimum Gasteiger partial charge on any atom is -0.396 e. The van der Waals surface area contributed by atoms with Crippen molar-refractivity contribution in [3.05, 3.63) is 0 Å². The highest BCUT2D eigenvalue weighted by atomic mass is 16.7. The number of aliphatic hydroxyl groups is 1. The lowest BCUT2D eigenvalue weighted by Gasteiger charge is -2.25. The van der Waals surface area contributed by atoms with Crippen LogP contribution in [-0.4, -0.2) is 57.1 Å². The summed E-state index contributed by atoms with van der Waals surface area (Å²) in [6, 6.07) is 0. The molecular weight excluding hydrogens is 186 g/mol. The molecule has 0 aliphatic heterocycles. The van der Waals surface area contributed by atoms with E-state index in [2.05, 4.69) is 0 Å². The first-order valence-electron chi connectivity index (χ1n) is 4.46. The third kappa shape index (κ3) is 3.61. The van der Waals surface area contributed by atoms with Crippen molar-refractivity contribution in [3.63, 3.8) is 0 Å². The lowest BCUT2D eigenvalue weighted by Crippen LogP contribution is -2.39. The van der Waals surface area contributed by atoms with Crippen LogP contribution in [0.5, 0.6) is 0 Å². The molecule has 84 valence electrons. The second-order valence-electron chi connectivity index (χ2n) is 3.19. The van der Waals surface area contributed by atoms with Crippen molar-refractivity contribution in [2.75, 3.05) is 34.9 Å². The maximum Gasteiger partial charge on any atom is 0.230 e. The second-order valence-corrected chi connectivity index (χ2v) is 3.19. The Hall–Kier alpha value is -0.650. The molecule has 1 unspecified atom stereocenters. The number of rotatable bonds is 6. The fraction of sp³-hybridized carbons (Fsp3) is 0.889. The average Bonchev–Trinajstić information content (AvgIpc) is 2.17. The highest BCUT2D eigenvalue weighted by Gasteiger charge is 2.29. The molecule has 0 aromatic rings. The number of methoxy groups -OCH3 is 2. The van der Waals surface area contributed by atoms with Gasteiger partial charge in [-0.25, -0.2) is 0 Å². The number of amides is 1. The van der Waals surface area contributed by atoms with E-state index in [4.69, 9.17) is 14.6 Å². The van der Waals surface area contributed by atoms with Gasteiger partial charge < -0.3 is 19.5 Å². The number of aliphatic hydroxyl groups excluding tert-OH is 1. The van der Waals surface area contributed by atoms with E-state index in [1.54, 1.807) is 14.1 Å². The summed E-state index contributed by atoms with van der Waals surface area (Å²) in [5.41, 5.74) is 0. The molecule has 5 nitrogen and oxygen atoms in total. The van der Waals surface area contributed by atoms with Crippen molar-refractivity contribution < 1.29 is 19.4 Å². The molecule has 0 fully saturated rings. The summed E-state index contributed by atoms with van der Waals surface area (Å²) in [5.74, 6) is -0.558. The van der Waals surface area contributed by atoms with Crippen LogP contribution < -0.4 is 0 Å². The maximum absolute atomic E-state index is 11.6. The third-order valence-corrected chi connectivity index (χ3v) is 1.99. The van der Waals surface area contributed by atoms with Crippen molar-refractivity contribution in [1.29, 1.82) is 0 Å². The van der Waals surface area contributed by atoms with Crippen LogP contribution in [0, 0.1) is 5.92 Å². The van der Waals surface area contributed by atoms with E-state index in [-0.39, 0.29) is 12.5 Å². The molecule has 0 spiro atoms. The Balaban J connectivity index is 4.47. The quantitative estimate of drug-likeness (QED) is 0.604. The van der Waals surface area contributed by atoms with Gasteiger partial charge in [0.25, 0.3) is 0 Å². The van der Waals surface area contributed by atoms with E-state index < -0.39 is 12.2 Å². The van der Waals surface area contributed by atoms with Gasteiger partial charge in [0.05, 0.1) is 5.92 Å². The normalized spacial score (nSPS) is 13.0. The van der Waals surface area contributed by atoms with Gasteiger partial charge in [0, 0.05) is 34.9 Å². The molecule has 0 rings (SSSR count). The minimum absolute atomic E-state index is 0.0620. The predicted octanol–water partition coefficient (Wildman–Crippen LogP) is -0.308. The Morgan fingerprint density at radius 2 is 1.86 bits per heavy atom. The Kier molecular flexibility index (Phi) is 6.44. The number of ether oxygens (including phenoxy) is 2. The van der Waals surface area contributed by atoms with E-state index in [0.29, 0.717) is 6.42 Å². The molecule has 0 aliphatic carbocycles. The minimum atomic E-state index is -0.600. The molecular formula is C9H19NO4. The van der Waals surface area contributed by atoms with E-state index in [0.717, 1.165) is 0 Å². The molecule has 14 heavy (non-hydrogen) atoms. The van der Waals surface area contributed by atoms with Gasteiger partial charge in [-0.05, 0) is 6.42 Å². The van der Waals surface area contributed by atoms with E-state index in [1.165, 1.54) is 19.1 Å². The van der Waals surface area contributed by atoms with E-state index in [9.17, 15) is 4.79 Å². The summed E-state index contributed by atoms with van der Waals surface area (Å²) in [6.45, 7) is -0.0620. The van der Waals surface area contributed by atoms with Crippen molar-refractivity contribution in [3.8, 4) is 0 Å². The maximum atomic E-state index is 11.6. The van der Waals surface area contributed by atoms with Gasteiger partial charge in [-0.1, -0.05) is 0 Å². The molecule has 0 bridgehead atoms. The fourth-order valence-electron chi connectivity index (χ4n) is 1.27. The lowest BCUT2D eigenvalue weighted by molar-refractivity contribution is -0.166. The fourth-order valence-corrected chi connectivity index (χ4v) is 1.27. The third-order valence-electron chi connectivity index (χ3n) is 1.99. The summed E-state index contributed by atoms with van der Waals surface area (Å²) in [7, 11) is 6.27. The average molecular weight is 205 g/mol. The number of carbonyl (C=O) groups is 1. The molecule has 1 N–H and O–H groups in total. The standard InChI is InChI=1S/C9H19NO4/c1-10(2)8(12)7(5-6-11)9(13-3)14-4/h7,9,11H,5-6H2,1-4H3. The molecule has 5 heteroatoms. The van der Waals surface area contributed by atoms with Gasteiger partial charge in [0.15, 0.2) is 6.29 Å². The summed E-state index contributed by atoms with van der Waals surface area (Å²) >= 11 is 0. The van der Waals surface area contributed by atoms with Gasteiger partial charge >= 0.3 is 0 Å². The number of nitrogens with zero attached hydrogens (tertiary/aromatic N) is 1. The van der Waals surface area contributed by atoms with Crippen molar-refractivity contribution in [2.45, 2.75) is 12.7 Å². The van der Waals surface area contributed by atoms with Crippen LogP contribution in [0.25, 0.3) is 0 Å². The number of hydrogen-bond donors (Lipinski definition) is 1. The van der Waals surface area contributed by atoms with Gasteiger partial charge in [-0.2, -0.15) is 0 Å². The van der Waals surface area contributed by atoms with Crippen molar-refractivity contribution in [2.24, 2.45) is 5.92 Å².